The molecule has 0 radical (unpaired) electrons. The van der Waals surface area contributed by atoms with Crippen molar-refractivity contribution in [2.24, 2.45) is 15.7 Å². The van der Waals surface area contributed by atoms with Gasteiger partial charge in [0.1, 0.15) is 5.75 Å². The molecule has 1 unspecified atom stereocenters. The van der Waals surface area contributed by atoms with Gasteiger partial charge in [0.2, 0.25) is 11.9 Å². The lowest BCUT2D eigenvalue weighted by Gasteiger charge is -2.16. The minimum Gasteiger partial charge on any atom is -0.497 e. The zero-order valence-electron chi connectivity index (χ0n) is 15.4. The number of ether oxygens (including phenoxy) is 1. The molecular formula is C20H21N5O3. The van der Waals surface area contributed by atoms with Gasteiger partial charge in [0.25, 0.3) is 5.91 Å². The lowest BCUT2D eigenvalue weighted by Crippen LogP contribution is -2.33. The van der Waals surface area contributed by atoms with Crippen LogP contribution in [0.2, 0.25) is 0 Å². The first-order chi connectivity index (χ1) is 13.5. The Labute approximate surface area is 162 Å². The molecule has 0 aromatic heterocycles. The van der Waals surface area contributed by atoms with Gasteiger partial charge in [-0.25, -0.2) is 4.99 Å². The van der Waals surface area contributed by atoms with Gasteiger partial charge in [0.15, 0.2) is 0 Å². The Balaban J connectivity index is 1.56. The second-order valence-corrected chi connectivity index (χ2v) is 6.17. The monoisotopic (exact) mass is 379 g/mol. The second kappa shape index (κ2) is 8.81. The van der Waals surface area contributed by atoms with E-state index in [1.807, 2.05) is 30.5 Å². The first kappa shape index (κ1) is 19.1. The number of hydrogen-bond acceptors (Lipinski definition) is 6. The van der Waals surface area contributed by atoms with Crippen molar-refractivity contribution in [1.29, 1.82) is 0 Å². The Hall–Kier alpha value is -3.68. The fraction of sp³-hybridized carbons (Fsp3) is 0.200. The van der Waals surface area contributed by atoms with Gasteiger partial charge in [-0.3, -0.25) is 14.6 Å². The Morgan fingerprint density at radius 2 is 1.86 bits per heavy atom. The number of amides is 2. The molecule has 0 saturated carbocycles. The number of nitrogens with zero attached hydrogens (tertiary/aromatic N) is 2. The Kier molecular flexibility index (Phi) is 6.01. The first-order valence-corrected chi connectivity index (χ1v) is 8.71. The van der Waals surface area contributed by atoms with Crippen molar-refractivity contribution in [3.05, 3.63) is 59.7 Å². The fourth-order valence-corrected chi connectivity index (χ4v) is 2.65. The number of hydrogen-bond donors (Lipinski definition) is 3. The highest BCUT2D eigenvalue weighted by Crippen LogP contribution is 2.21. The summed E-state index contributed by atoms with van der Waals surface area (Å²) in [5.74, 6) is 0.492. The minimum absolute atomic E-state index is 0.118. The predicted molar refractivity (Wildman–Crippen MR) is 108 cm³/mol. The van der Waals surface area contributed by atoms with E-state index >= 15 is 0 Å². The Morgan fingerprint density at radius 3 is 2.43 bits per heavy atom. The van der Waals surface area contributed by atoms with Gasteiger partial charge in [-0.1, -0.05) is 12.1 Å². The number of nitrogens with two attached hydrogens (primary N) is 1. The van der Waals surface area contributed by atoms with Crippen LogP contribution in [0.25, 0.3) is 0 Å². The third kappa shape index (κ3) is 4.94. The zero-order valence-corrected chi connectivity index (χ0v) is 15.4. The van der Waals surface area contributed by atoms with Crippen LogP contribution in [0.1, 0.15) is 21.8 Å². The van der Waals surface area contributed by atoms with Crippen LogP contribution >= 0.6 is 0 Å². The van der Waals surface area contributed by atoms with Crippen LogP contribution in [0.4, 0.5) is 5.69 Å². The largest absolute Gasteiger partial charge is 0.497 e. The Bertz CT molecular complexity index is 904. The van der Waals surface area contributed by atoms with E-state index in [1.54, 1.807) is 31.4 Å². The molecule has 0 aliphatic carbocycles. The molecule has 1 aliphatic rings. The normalized spacial score (nSPS) is 15.5. The minimum atomic E-state index is -0.590. The summed E-state index contributed by atoms with van der Waals surface area (Å²) in [6.45, 7) is 0.394. The number of guanidine groups is 1. The number of carbonyl (C=O) groups excluding carboxylic acids is 2. The predicted octanol–water partition coefficient (Wildman–Crippen LogP) is 1.55. The van der Waals surface area contributed by atoms with E-state index in [9.17, 15) is 9.59 Å². The van der Waals surface area contributed by atoms with Crippen LogP contribution in [0.3, 0.4) is 0 Å². The quantitative estimate of drug-likeness (QED) is 0.705. The van der Waals surface area contributed by atoms with E-state index < -0.39 is 5.91 Å². The molecule has 0 saturated heterocycles. The van der Waals surface area contributed by atoms with E-state index in [0.29, 0.717) is 18.1 Å². The van der Waals surface area contributed by atoms with Crippen molar-refractivity contribution >= 4 is 29.7 Å². The highest BCUT2D eigenvalue weighted by molar-refractivity contribution is 6.01. The summed E-state index contributed by atoms with van der Waals surface area (Å²) >= 11 is 0. The number of rotatable bonds is 6. The maximum absolute atomic E-state index is 11.9. The fourth-order valence-electron chi connectivity index (χ4n) is 2.65. The average molecular weight is 379 g/mol. The summed E-state index contributed by atoms with van der Waals surface area (Å²) in [6.07, 6.45) is 1.86. The molecule has 4 N–H and O–H groups in total. The van der Waals surface area contributed by atoms with E-state index in [1.165, 1.54) is 0 Å². The molecule has 1 heterocycles. The summed E-state index contributed by atoms with van der Waals surface area (Å²) < 4.78 is 5.17. The number of benzene rings is 2. The summed E-state index contributed by atoms with van der Waals surface area (Å²) in [5, 5.41) is 5.55. The number of aliphatic imine (C=N–C) groups is 2. The van der Waals surface area contributed by atoms with Gasteiger partial charge >= 0.3 is 0 Å². The van der Waals surface area contributed by atoms with Crippen LogP contribution < -0.4 is 21.1 Å². The van der Waals surface area contributed by atoms with Crippen LogP contribution in [0, 0.1) is 0 Å². The van der Waals surface area contributed by atoms with Crippen molar-refractivity contribution in [1.82, 2.24) is 5.32 Å². The molecule has 2 aromatic rings. The van der Waals surface area contributed by atoms with Crippen LogP contribution in [0.15, 0.2) is 58.5 Å². The molecule has 0 bridgehead atoms. The third-order valence-electron chi connectivity index (χ3n) is 4.18. The van der Waals surface area contributed by atoms with Gasteiger partial charge in [0.05, 0.1) is 20.2 Å². The molecule has 3 rings (SSSR count). The van der Waals surface area contributed by atoms with E-state index in [-0.39, 0.29) is 18.4 Å². The Morgan fingerprint density at radius 1 is 1.14 bits per heavy atom. The van der Waals surface area contributed by atoms with Gasteiger partial charge < -0.3 is 21.1 Å². The third-order valence-corrected chi connectivity index (χ3v) is 4.18. The van der Waals surface area contributed by atoms with Crippen molar-refractivity contribution in [3.63, 3.8) is 0 Å². The summed E-state index contributed by atoms with van der Waals surface area (Å²) in [5.41, 5.74) is 7.32. The van der Waals surface area contributed by atoms with Crippen molar-refractivity contribution in [2.45, 2.75) is 5.92 Å². The van der Waals surface area contributed by atoms with Gasteiger partial charge in [-0.05, 0) is 42.0 Å². The highest BCUT2D eigenvalue weighted by Gasteiger charge is 2.14. The molecule has 8 nitrogen and oxygen atoms in total. The van der Waals surface area contributed by atoms with Crippen molar-refractivity contribution in [3.8, 4) is 5.75 Å². The van der Waals surface area contributed by atoms with Gasteiger partial charge in [-0.2, -0.15) is 0 Å². The molecule has 28 heavy (non-hydrogen) atoms. The maximum atomic E-state index is 11.9. The van der Waals surface area contributed by atoms with E-state index in [2.05, 4.69) is 20.6 Å². The van der Waals surface area contributed by atoms with Crippen molar-refractivity contribution in [2.75, 3.05) is 25.5 Å². The number of nitrogens with one attached hydrogen (secondary N) is 2. The van der Waals surface area contributed by atoms with Crippen molar-refractivity contribution < 1.29 is 14.3 Å². The lowest BCUT2D eigenvalue weighted by molar-refractivity contribution is -0.117. The zero-order chi connectivity index (χ0) is 19.9. The number of carbonyl (C=O) groups is 2. The summed E-state index contributed by atoms with van der Waals surface area (Å²) in [7, 11) is 1.64. The van der Waals surface area contributed by atoms with E-state index in [4.69, 9.17) is 10.5 Å². The molecule has 2 amide bonds. The lowest BCUT2D eigenvalue weighted by atomic mass is 10.00. The molecule has 1 atom stereocenters. The highest BCUT2D eigenvalue weighted by atomic mass is 16.5. The van der Waals surface area contributed by atoms with Crippen LogP contribution in [-0.2, 0) is 4.79 Å². The van der Waals surface area contributed by atoms with Crippen LogP contribution in [-0.4, -0.2) is 44.2 Å². The van der Waals surface area contributed by atoms with E-state index in [0.717, 1.165) is 17.0 Å². The molecule has 8 heteroatoms. The molecule has 0 fully saturated rings. The number of primary amides is 1. The van der Waals surface area contributed by atoms with Gasteiger partial charge in [0, 0.05) is 23.4 Å². The topological polar surface area (TPSA) is 118 Å². The standard InChI is InChI=1S/C20H21N5O3/c1-28-17-8-4-13(5-9-17)15-10-23-20(24-11-15)25-16-6-2-14(3-7-16)19(27)22-12-18(21)26/h2-10,15H,11-12H2,1H3,(H2,21,26)(H,22,27)(H,24,25). The summed E-state index contributed by atoms with van der Waals surface area (Å²) in [6, 6.07) is 14.6. The SMILES string of the molecule is COc1ccc(C2C=NC(Nc3ccc(C(=O)NCC(N)=O)cc3)=NC2)cc1. The number of methoxy groups -OCH3 is 1. The molecule has 1 aliphatic heterocycles. The number of anilines is 1. The molecule has 2 aromatic carbocycles. The smallest absolute Gasteiger partial charge is 0.251 e. The average Bonchev–Trinajstić information content (AvgIpc) is 2.73. The molecule has 144 valence electrons. The van der Waals surface area contributed by atoms with Crippen LogP contribution in [0.5, 0.6) is 5.75 Å². The molecular weight excluding hydrogens is 358 g/mol. The van der Waals surface area contributed by atoms with Gasteiger partial charge in [-0.15, -0.1) is 0 Å². The maximum Gasteiger partial charge on any atom is 0.251 e. The summed E-state index contributed by atoms with van der Waals surface area (Å²) in [4.78, 5) is 31.4. The molecule has 0 spiro atoms. The second-order valence-electron chi connectivity index (χ2n) is 6.17. The first-order valence-electron chi connectivity index (χ1n) is 8.71.